The molecule has 2 bridgehead atoms. The summed E-state index contributed by atoms with van der Waals surface area (Å²) < 4.78 is 22.9. The lowest BCUT2D eigenvalue weighted by molar-refractivity contribution is -0.155. The van der Waals surface area contributed by atoms with Crippen LogP contribution in [0, 0.1) is 29.1 Å². The second kappa shape index (κ2) is 8.28. The average Bonchev–Trinajstić information content (AvgIpc) is 2.98. The molecule has 0 heterocycles. The zero-order chi connectivity index (χ0) is 17.0. The first kappa shape index (κ1) is 19.2. The lowest BCUT2D eigenvalue weighted by atomic mass is 9.66. The highest BCUT2D eigenvalue weighted by Crippen LogP contribution is 2.61. The van der Waals surface area contributed by atoms with Gasteiger partial charge in [0, 0.05) is 5.41 Å². The molecule has 4 unspecified atom stereocenters. The molecule has 0 aromatic carbocycles. The fourth-order valence-corrected chi connectivity index (χ4v) is 4.53. The summed E-state index contributed by atoms with van der Waals surface area (Å²) in [4.78, 5) is 0. The third-order valence-electron chi connectivity index (χ3n) is 5.97. The van der Waals surface area contributed by atoms with Gasteiger partial charge < -0.3 is 18.9 Å². The third-order valence-corrected chi connectivity index (χ3v) is 5.97. The maximum absolute atomic E-state index is 5.90. The van der Waals surface area contributed by atoms with Crippen LogP contribution < -0.4 is 0 Å². The maximum atomic E-state index is 5.90. The van der Waals surface area contributed by atoms with Gasteiger partial charge in [-0.25, -0.2) is 0 Å². The molecular weight excluding hydrogens is 292 g/mol. The summed E-state index contributed by atoms with van der Waals surface area (Å²) in [5.41, 5.74) is 0.136. The van der Waals surface area contributed by atoms with Crippen molar-refractivity contribution < 1.29 is 18.9 Å². The Labute approximate surface area is 142 Å². The van der Waals surface area contributed by atoms with Gasteiger partial charge in [0.2, 0.25) is 0 Å². The van der Waals surface area contributed by atoms with Gasteiger partial charge in [-0.2, -0.15) is 0 Å². The van der Waals surface area contributed by atoms with E-state index in [1.807, 2.05) is 27.7 Å². The lowest BCUT2D eigenvalue weighted by Crippen LogP contribution is -2.43. The molecule has 136 valence electrons. The molecule has 2 aliphatic rings. The quantitative estimate of drug-likeness (QED) is 0.447. The van der Waals surface area contributed by atoms with Crippen LogP contribution in [0.5, 0.6) is 0 Å². The van der Waals surface area contributed by atoms with Gasteiger partial charge in [0.05, 0.1) is 25.4 Å². The fourth-order valence-electron chi connectivity index (χ4n) is 4.53. The van der Waals surface area contributed by atoms with Crippen LogP contribution in [0.4, 0.5) is 0 Å². The van der Waals surface area contributed by atoms with Crippen LogP contribution in [0.2, 0.25) is 0 Å². The Morgan fingerprint density at radius 3 is 1.78 bits per heavy atom. The molecule has 2 fully saturated rings. The molecule has 4 heteroatoms. The van der Waals surface area contributed by atoms with Crippen LogP contribution in [0.25, 0.3) is 0 Å². The number of fused-ring (bicyclic) bond motifs is 2. The lowest BCUT2D eigenvalue weighted by Gasteiger charge is -2.42. The van der Waals surface area contributed by atoms with Gasteiger partial charge in [-0.05, 0) is 64.2 Å². The molecular formula is C19H36O4. The second-order valence-electron chi connectivity index (χ2n) is 8.25. The minimum atomic E-state index is 0.136. The SMILES string of the molecule is CC(C)OCOCC1(COCOC(C)C)CC2CC1C(C)C2C. The Kier molecular flexibility index (Phi) is 6.90. The highest BCUT2D eigenvalue weighted by atomic mass is 16.7. The molecule has 0 amide bonds. The molecule has 0 N–H and O–H groups in total. The Balaban J connectivity index is 1.90. The van der Waals surface area contributed by atoms with Gasteiger partial charge >= 0.3 is 0 Å². The van der Waals surface area contributed by atoms with Crippen molar-refractivity contribution in [2.75, 3.05) is 26.8 Å². The standard InChI is InChI=1S/C19H36O4/c1-13(2)22-11-20-9-19(10-21-12-23-14(3)4)8-17-7-18(19)16(6)15(17)5/h13-18H,7-12H2,1-6H3. The molecule has 2 saturated carbocycles. The van der Waals surface area contributed by atoms with Crippen molar-refractivity contribution in [1.82, 2.24) is 0 Å². The van der Waals surface area contributed by atoms with E-state index in [-0.39, 0.29) is 17.6 Å². The first-order chi connectivity index (χ1) is 10.9. The summed E-state index contributed by atoms with van der Waals surface area (Å²) in [6, 6.07) is 0. The van der Waals surface area contributed by atoms with Crippen molar-refractivity contribution in [1.29, 1.82) is 0 Å². The van der Waals surface area contributed by atoms with Gasteiger partial charge in [-0.1, -0.05) is 13.8 Å². The molecule has 4 nitrogen and oxygen atoms in total. The zero-order valence-electron chi connectivity index (χ0n) is 15.8. The largest absolute Gasteiger partial charge is 0.355 e. The molecule has 4 atom stereocenters. The van der Waals surface area contributed by atoms with Crippen molar-refractivity contribution in [2.45, 2.75) is 66.6 Å². The third kappa shape index (κ3) is 4.68. The minimum absolute atomic E-state index is 0.136. The number of hydrogen-bond donors (Lipinski definition) is 0. The van der Waals surface area contributed by atoms with Crippen molar-refractivity contribution in [3.8, 4) is 0 Å². The number of hydrogen-bond acceptors (Lipinski definition) is 4. The molecule has 2 rings (SSSR count). The van der Waals surface area contributed by atoms with E-state index in [0.29, 0.717) is 19.5 Å². The highest BCUT2D eigenvalue weighted by molar-refractivity contribution is 5.05. The van der Waals surface area contributed by atoms with Crippen molar-refractivity contribution in [3.05, 3.63) is 0 Å². The minimum Gasteiger partial charge on any atom is -0.355 e. The smallest absolute Gasteiger partial charge is 0.147 e. The van der Waals surface area contributed by atoms with E-state index in [1.165, 1.54) is 12.8 Å². The van der Waals surface area contributed by atoms with Crippen molar-refractivity contribution in [3.63, 3.8) is 0 Å². The summed E-state index contributed by atoms with van der Waals surface area (Å²) in [5.74, 6) is 3.09. The predicted molar refractivity (Wildman–Crippen MR) is 91.1 cm³/mol. The van der Waals surface area contributed by atoms with E-state index >= 15 is 0 Å². The monoisotopic (exact) mass is 328 g/mol. The molecule has 0 saturated heterocycles. The van der Waals surface area contributed by atoms with Crippen LogP contribution >= 0.6 is 0 Å². The van der Waals surface area contributed by atoms with Crippen LogP contribution in [-0.2, 0) is 18.9 Å². The zero-order valence-corrected chi connectivity index (χ0v) is 15.8. The summed E-state index contributed by atoms with van der Waals surface area (Å²) >= 11 is 0. The highest BCUT2D eigenvalue weighted by Gasteiger charge is 2.57. The predicted octanol–water partition coefficient (Wildman–Crippen LogP) is 4.08. The summed E-state index contributed by atoms with van der Waals surface area (Å²) in [7, 11) is 0. The van der Waals surface area contributed by atoms with Crippen LogP contribution in [-0.4, -0.2) is 39.0 Å². The Morgan fingerprint density at radius 2 is 1.39 bits per heavy atom. The number of ether oxygens (including phenoxy) is 4. The summed E-state index contributed by atoms with van der Waals surface area (Å²) in [5, 5.41) is 0. The van der Waals surface area contributed by atoms with E-state index in [4.69, 9.17) is 18.9 Å². The van der Waals surface area contributed by atoms with Crippen molar-refractivity contribution >= 4 is 0 Å². The van der Waals surface area contributed by atoms with E-state index in [0.717, 1.165) is 31.0 Å². The molecule has 0 aliphatic heterocycles. The van der Waals surface area contributed by atoms with Gasteiger partial charge in [0.15, 0.2) is 0 Å². The van der Waals surface area contributed by atoms with Crippen molar-refractivity contribution in [2.24, 2.45) is 29.1 Å². The van der Waals surface area contributed by atoms with Gasteiger partial charge in [-0.3, -0.25) is 0 Å². The van der Waals surface area contributed by atoms with Crippen LogP contribution in [0.3, 0.4) is 0 Å². The Hall–Kier alpha value is -0.160. The van der Waals surface area contributed by atoms with Crippen LogP contribution in [0.15, 0.2) is 0 Å². The van der Waals surface area contributed by atoms with Gasteiger partial charge in [0.1, 0.15) is 13.6 Å². The van der Waals surface area contributed by atoms with Gasteiger partial charge in [0.25, 0.3) is 0 Å². The van der Waals surface area contributed by atoms with E-state index in [9.17, 15) is 0 Å². The maximum Gasteiger partial charge on any atom is 0.147 e. The second-order valence-corrected chi connectivity index (χ2v) is 8.25. The van der Waals surface area contributed by atoms with E-state index in [2.05, 4.69) is 13.8 Å². The Morgan fingerprint density at radius 1 is 0.870 bits per heavy atom. The molecule has 0 spiro atoms. The van der Waals surface area contributed by atoms with E-state index < -0.39 is 0 Å². The fraction of sp³-hybridized carbons (Fsp3) is 1.00. The first-order valence-electron chi connectivity index (χ1n) is 9.24. The first-order valence-corrected chi connectivity index (χ1v) is 9.24. The molecule has 0 radical (unpaired) electrons. The summed E-state index contributed by atoms with van der Waals surface area (Å²) in [6.07, 6.45) is 2.96. The van der Waals surface area contributed by atoms with E-state index in [1.54, 1.807) is 0 Å². The van der Waals surface area contributed by atoms with Crippen LogP contribution in [0.1, 0.15) is 54.4 Å². The molecule has 0 aromatic heterocycles. The van der Waals surface area contributed by atoms with Gasteiger partial charge in [-0.15, -0.1) is 0 Å². The Bertz CT molecular complexity index is 337. The topological polar surface area (TPSA) is 36.9 Å². The molecule has 2 aliphatic carbocycles. The molecule has 0 aromatic rings. The normalized spacial score (nSPS) is 32.3. The molecule has 23 heavy (non-hydrogen) atoms. The number of rotatable bonds is 10. The summed E-state index contributed by atoms with van der Waals surface area (Å²) in [6.45, 7) is 15.2. The average molecular weight is 328 g/mol.